The van der Waals surface area contributed by atoms with Crippen LogP contribution in [-0.4, -0.2) is 34.0 Å². The molecule has 0 spiro atoms. The average molecular weight is 319 g/mol. The second-order valence-corrected chi connectivity index (χ2v) is 7.56. The van der Waals surface area contributed by atoms with Gasteiger partial charge in [0.2, 0.25) is 0 Å². The van der Waals surface area contributed by atoms with E-state index in [0.29, 0.717) is 17.0 Å². The third-order valence-corrected chi connectivity index (χ3v) is 5.76. The van der Waals surface area contributed by atoms with Gasteiger partial charge >= 0.3 is 0 Å². The number of aromatic nitrogens is 2. The summed E-state index contributed by atoms with van der Waals surface area (Å²) in [6.45, 7) is 9.44. The fourth-order valence-electron chi connectivity index (χ4n) is 3.00. The summed E-state index contributed by atoms with van der Waals surface area (Å²) in [5, 5.41) is 5.07. The summed E-state index contributed by atoms with van der Waals surface area (Å²) in [7, 11) is 0. The van der Waals surface area contributed by atoms with Gasteiger partial charge in [0.1, 0.15) is 11.3 Å². The maximum absolute atomic E-state index is 12.7. The number of thiazole rings is 1. The molecule has 1 saturated heterocycles. The molecule has 22 heavy (non-hydrogen) atoms. The van der Waals surface area contributed by atoms with Gasteiger partial charge in [-0.25, -0.2) is 4.98 Å². The van der Waals surface area contributed by atoms with Crippen LogP contribution in [-0.2, 0) is 5.41 Å². The number of amides is 1. The highest BCUT2D eigenvalue weighted by Crippen LogP contribution is 2.37. The number of hydrogen-bond donors (Lipinski definition) is 0. The van der Waals surface area contributed by atoms with E-state index in [1.165, 1.54) is 9.88 Å². The molecule has 3 rings (SSSR count). The van der Waals surface area contributed by atoms with Crippen molar-refractivity contribution >= 4 is 17.2 Å². The van der Waals surface area contributed by atoms with Gasteiger partial charge in [0.15, 0.2) is 0 Å². The zero-order valence-electron chi connectivity index (χ0n) is 13.5. The SMILES string of the molecule is Cc1cnc(C2(C)CCN(C(=O)c3c(C)noc3C)CC2)s1. The number of likely N-dealkylation sites (tertiary alicyclic amines) is 1. The van der Waals surface area contributed by atoms with Crippen LogP contribution in [0.25, 0.3) is 0 Å². The van der Waals surface area contributed by atoms with Crippen LogP contribution in [0.3, 0.4) is 0 Å². The van der Waals surface area contributed by atoms with Crippen LogP contribution in [0.2, 0.25) is 0 Å². The fourth-order valence-corrected chi connectivity index (χ4v) is 3.96. The lowest BCUT2D eigenvalue weighted by Crippen LogP contribution is -2.44. The summed E-state index contributed by atoms with van der Waals surface area (Å²) >= 11 is 1.77. The van der Waals surface area contributed by atoms with Crippen molar-refractivity contribution in [3.63, 3.8) is 0 Å². The van der Waals surface area contributed by atoms with Gasteiger partial charge in [-0.1, -0.05) is 12.1 Å². The molecule has 5 nitrogen and oxygen atoms in total. The van der Waals surface area contributed by atoms with E-state index in [0.717, 1.165) is 25.9 Å². The smallest absolute Gasteiger partial charge is 0.259 e. The second-order valence-electron chi connectivity index (χ2n) is 6.33. The molecular weight excluding hydrogens is 298 g/mol. The molecule has 0 aromatic carbocycles. The first-order chi connectivity index (χ1) is 10.4. The van der Waals surface area contributed by atoms with Crippen LogP contribution in [0.1, 0.15) is 51.5 Å². The normalized spacial score (nSPS) is 17.7. The number of aryl methyl sites for hydroxylation is 3. The Bertz CT molecular complexity index is 677. The van der Waals surface area contributed by atoms with Gasteiger partial charge in [-0.15, -0.1) is 11.3 Å². The Balaban J connectivity index is 1.73. The number of hydrogen-bond acceptors (Lipinski definition) is 5. The van der Waals surface area contributed by atoms with E-state index in [1.54, 1.807) is 18.3 Å². The molecule has 0 bridgehead atoms. The average Bonchev–Trinajstić information content (AvgIpc) is 3.06. The summed E-state index contributed by atoms with van der Waals surface area (Å²) < 4.78 is 5.11. The highest BCUT2D eigenvalue weighted by atomic mass is 32.1. The summed E-state index contributed by atoms with van der Waals surface area (Å²) in [5.41, 5.74) is 1.37. The van der Waals surface area contributed by atoms with Crippen LogP contribution in [0.4, 0.5) is 0 Å². The van der Waals surface area contributed by atoms with Crippen LogP contribution in [0, 0.1) is 20.8 Å². The molecule has 3 heterocycles. The van der Waals surface area contributed by atoms with Crippen molar-refractivity contribution in [1.82, 2.24) is 15.0 Å². The Hall–Kier alpha value is -1.69. The number of carbonyl (C=O) groups excluding carboxylic acids is 1. The molecule has 2 aromatic rings. The molecule has 0 saturated carbocycles. The van der Waals surface area contributed by atoms with Gasteiger partial charge in [-0.3, -0.25) is 4.79 Å². The molecule has 0 unspecified atom stereocenters. The van der Waals surface area contributed by atoms with E-state index in [2.05, 4.69) is 24.0 Å². The molecule has 1 aliphatic rings. The zero-order chi connectivity index (χ0) is 15.9. The lowest BCUT2D eigenvalue weighted by atomic mass is 9.81. The molecule has 1 fully saturated rings. The standard InChI is InChI=1S/C16H21N3O2S/c1-10-9-17-15(22-10)16(4)5-7-19(8-6-16)14(20)13-11(2)18-21-12(13)3/h9H,5-8H2,1-4H3. The minimum Gasteiger partial charge on any atom is -0.361 e. The van der Waals surface area contributed by atoms with Crippen LogP contribution >= 0.6 is 11.3 Å². The molecule has 2 aromatic heterocycles. The van der Waals surface area contributed by atoms with Crippen molar-refractivity contribution in [2.75, 3.05) is 13.1 Å². The van der Waals surface area contributed by atoms with E-state index in [-0.39, 0.29) is 11.3 Å². The molecule has 118 valence electrons. The summed E-state index contributed by atoms with van der Waals surface area (Å²) in [5.74, 6) is 0.639. The molecule has 6 heteroatoms. The van der Waals surface area contributed by atoms with Gasteiger partial charge in [0.25, 0.3) is 5.91 Å². The highest BCUT2D eigenvalue weighted by Gasteiger charge is 2.36. The molecular formula is C16H21N3O2S. The molecule has 0 radical (unpaired) electrons. The Morgan fingerprint density at radius 1 is 1.32 bits per heavy atom. The maximum Gasteiger partial charge on any atom is 0.259 e. The van der Waals surface area contributed by atoms with E-state index in [9.17, 15) is 4.79 Å². The number of piperidine rings is 1. The Morgan fingerprint density at radius 2 is 2.00 bits per heavy atom. The molecule has 1 amide bonds. The molecule has 0 atom stereocenters. The van der Waals surface area contributed by atoms with Gasteiger partial charge in [-0.05, 0) is 33.6 Å². The van der Waals surface area contributed by atoms with Gasteiger partial charge < -0.3 is 9.42 Å². The van der Waals surface area contributed by atoms with Crippen molar-refractivity contribution in [2.24, 2.45) is 0 Å². The number of carbonyl (C=O) groups is 1. The Labute approximate surface area is 134 Å². The second kappa shape index (κ2) is 5.50. The van der Waals surface area contributed by atoms with E-state index >= 15 is 0 Å². The van der Waals surface area contributed by atoms with Crippen LogP contribution in [0.15, 0.2) is 10.7 Å². The van der Waals surface area contributed by atoms with Gasteiger partial charge in [-0.2, -0.15) is 0 Å². The fraction of sp³-hybridized carbons (Fsp3) is 0.562. The predicted octanol–water partition coefficient (Wildman–Crippen LogP) is 3.25. The van der Waals surface area contributed by atoms with Crippen molar-refractivity contribution in [3.8, 4) is 0 Å². The topological polar surface area (TPSA) is 59.2 Å². The molecule has 0 aliphatic carbocycles. The van der Waals surface area contributed by atoms with Gasteiger partial charge in [0, 0.05) is 29.6 Å². The first-order valence-corrected chi connectivity index (χ1v) is 8.37. The Kier molecular flexibility index (Phi) is 3.80. The number of nitrogens with zero attached hydrogens (tertiary/aromatic N) is 3. The minimum absolute atomic E-state index is 0.0358. The number of rotatable bonds is 2. The largest absolute Gasteiger partial charge is 0.361 e. The van der Waals surface area contributed by atoms with E-state index in [4.69, 9.17) is 4.52 Å². The lowest BCUT2D eigenvalue weighted by molar-refractivity contribution is 0.0673. The quantitative estimate of drug-likeness (QED) is 0.852. The van der Waals surface area contributed by atoms with Crippen molar-refractivity contribution in [2.45, 2.75) is 46.0 Å². The van der Waals surface area contributed by atoms with Gasteiger partial charge in [0.05, 0.1) is 10.7 Å². The summed E-state index contributed by atoms with van der Waals surface area (Å²) in [6, 6.07) is 0. The van der Waals surface area contributed by atoms with Crippen molar-refractivity contribution in [1.29, 1.82) is 0 Å². The third kappa shape index (κ3) is 2.56. The van der Waals surface area contributed by atoms with Crippen molar-refractivity contribution in [3.05, 3.63) is 33.1 Å². The predicted molar refractivity (Wildman–Crippen MR) is 85.3 cm³/mol. The first kappa shape index (κ1) is 15.2. The minimum atomic E-state index is 0.0358. The first-order valence-electron chi connectivity index (χ1n) is 7.56. The van der Waals surface area contributed by atoms with E-state index in [1.807, 2.05) is 18.0 Å². The van der Waals surface area contributed by atoms with Crippen LogP contribution < -0.4 is 0 Å². The third-order valence-electron chi connectivity index (χ3n) is 4.54. The van der Waals surface area contributed by atoms with Crippen LogP contribution in [0.5, 0.6) is 0 Å². The van der Waals surface area contributed by atoms with Crippen molar-refractivity contribution < 1.29 is 9.32 Å². The zero-order valence-corrected chi connectivity index (χ0v) is 14.3. The van der Waals surface area contributed by atoms with E-state index < -0.39 is 0 Å². The summed E-state index contributed by atoms with van der Waals surface area (Å²) in [6.07, 6.45) is 3.82. The molecule has 1 aliphatic heterocycles. The highest BCUT2D eigenvalue weighted by molar-refractivity contribution is 7.11. The molecule has 0 N–H and O–H groups in total. The lowest BCUT2D eigenvalue weighted by Gasteiger charge is -2.38. The monoisotopic (exact) mass is 319 g/mol. The Morgan fingerprint density at radius 3 is 2.50 bits per heavy atom. The summed E-state index contributed by atoms with van der Waals surface area (Å²) in [4.78, 5) is 20.4. The maximum atomic E-state index is 12.7.